The van der Waals surface area contributed by atoms with Gasteiger partial charge in [0.05, 0.1) is 13.2 Å². The zero-order chi connectivity index (χ0) is 21.3. The monoisotopic (exact) mass is 417 g/mol. The molecule has 0 unspecified atom stereocenters. The number of hydrogen-bond acceptors (Lipinski definition) is 6. The Morgan fingerprint density at radius 2 is 1.77 bits per heavy atom. The smallest absolute Gasteiger partial charge is 0.409 e. The fourth-order valence-electron chi connectivity index (χ4n) is 3.64. The molecule has 1 amide bonds. The summed E-state index contributed by atoms with van der Waals surface area (Å²) in [6.07, 6.45) is 1.70. The second kappa shape index (κ2) is 11.0. The van der Waals surface area contributed by atoms with Gasteiger partial charge in [0.25, 0.3) is 0 Å². The van der Waals surface area contributed by atoms with Gasteiger partial charge < -0.3 is 29.7 Å². The van der Waals surface area contributed by atoms with Gasteiger partial charge in [-0.2, -0.15) is 0 Å². The maximum absolute atomic E-state index is 11.9. The average Bonchev–Trinajstić information content (AvgIpc) is 2.78. The molecular formula is C21H35N7O2. The number of anilines is 1. The lowest BCUT2D eigenvalue weighted by atomic mass is 10.2. The molecule has 2 fully saturated rings. The maximum atomic E-state index is 11.9. The van der Waals surface area contributed by atoms with Gasteiger partial charge in [0.1, 0.15) is 5.82 Å². The van der Waals surface area contributed by atoms with E-state index in [-0.39, 0.29) is 6.09 Å². The predicted molar refractivity (Wildman–Crippen MR) is 119 cm³/mol. The van der Waals surface area contributed by atoms with E-state index < -0.39 is 0 Å². The Kier molecular flexibility index (Phi) is 8.12. The summed E-state index contributed by atoms with van der Waals surface area (Å²) in [5, 5.41) is 3.37. The highest BCUT2D eigenvalue weighted by Gasteiger charge is 2.23. The summed E-state index contributed by atoms with van der Waals surface area (Å²) in [5.41, 5.74) is 1.09. The van der Waals surface area contributed by atoms with Crippen LogP contribution in [0.5, 0.6) is 0 Å². The van der Waals surface area contributed by atoms with Crippen molar-refractivity contribution in [2.45, 2.75) is 20.4 Å². The first-order valence-electron chi connectivity index (χ1n) is 10.9. The molecule has 3 heterocycles. The molecule has 3 rings (SSSR count). The van der Waals surface area contributed by atoms with E-state index in [0.717, 1.165) is 63.2 Å². The average molecular weight is 418 g/mol. The van der Waals surface area contributed by atoms with Crippen LogP contribution in [0.2, 0.25) is 0 Å². The highest BCUT2D eigenvalue weighted by Crippen LogP contribution is 2.14. The maximum Gasteiger partial charge on any atom is 0.409 e. The lowest BCUT2D eigenvalue weighted by molar-refractivity contribution is 0.0914. The van der Waals surface area contributed by atoms with Crippen LogP contribution in [0.3, 0.4) is 0 Å². The number of aromatic nitrogens is 1. The Morgan fingerprint density at radius 1 is 1.07 bits per heavy atom. The number of carbonyl (C=O) groups is 1. The first kappa shape index (κ1) is 22.1. The molecule has 0 aromatic carbocycles. The summed E-state index contributed by atoms with van der Waals surface area (Å²) in [7, 11) is 2.16. The second-order valence-electron chi connectivity index (χ2n) is 7.66. The summed E-state index contributed by atoms with van der Waals surface area (Å²) in [5.74, 6) is 1.92. The Bertz CT molecular complexity index is 694. The largest absolute Gasteiger partial charge is 0.450 e. The molecule has 30 heavy (non-hydrogen) atoms. The number of ether oxygens (including phenoxy) is 1. The molecule has 0 aliphatic carbocycles. The Morgan fingerprint density at radius 3 is 2.37 bits per heavy atom. The number of carbonyl (C=O) groups excluding carboxylic acids is 1. The van der Waals surface area contributed by atoms with Gasteiger partial charge in [0.15, 0.2) is 5.96 Å². The molecule has 0 spiro atoms. The van der Waals surface area contributed by atoms with Crippen molar-refractivity contribution in [2.24, 2.45) is 4.99 Å². The Balaban J connectivity index is 1.55. The molecule has 2 aliphatic rings. The summed E-state index contributed by atoms with van der Waals surface area (Å²) in [6, 6.07) is 4.22. The van der Waals surface area contributed by atoms with Gasteiger partial charge in [-0.1, -0.05) is 6.07 Å². The number of rotatable bonds is 5. The van der Waals surface area contributed by atoms with Crippen LogP contribution in [0.25, 0.3) is 0 Å². The first-order valence-corrected chi connectivity index (χ1v) is 10.9. The van der Waals surface area contributed by atoms with E-state index >= 15 is 0 Å². The van der Waals surface area contributed by atoms with Crippen molar-refractivity contribution in [3.63, 3.8) is 0 Å². The van der Waals surface area contributed by atoms with Gasteiger partial charge in [-0.15, -0.1) is 0 Å². The van der Waals surface area contributed by atoms with Crippen LogP contribution in [0, 0.1) is 0 Å². The van der Waals surface area contributed by atoms with Crippen molar-refractivity contribution in [3.05, 3.63) is 23.9 Å². The summed E-state index contributed by atoms with van der Waals surface area (Å²) >= 11 is 0. The van der Waals surface area contributed by atoms with Crippen molar-refractivity contribution in [2.75, 3.05) is 77.5 Å². The molecule has 1 aromatic rings. The SMILES string of the molecule is CCNC(=NCc1ccc(N2CCN(C)CC2)nc1)N1CCN(C(=O)OCC)CC1. The molecule has 1 N–H and O–H groups in total. The zero-order valence-corrected chi connectivity index (χ0v) is 18.5. The summed E-state index contributed by atoms with van der Waals surface area (Å²) in [4.78, 5) is 30.0. The number of nitrogens with zero attached hydrogens (tertiary/aromatic N) is 6. The molecule has 2 saturated heterocycles. The number of aliphatic imine (C=N–C) groups is 1. The third-order valence-electron chi connectivity index (χ3n) is 5.49. The molecule has 2 aliphatic heterocycles. The molecule has 1 aromatic heterocycles. The second-order valence-corrected chi connectivity index (χ2v) is 7.66. The minimum absolute atomic E-state index is 0.231. The molecule has 0 radical (unpaired) electrons. The van der Waals surface area contributed by atoms with E-state index in [4.69, 9.17) is 9.73 Å². The van der Waals surface area contributed by atoms with Crippen LogP contribution in [0.15, 0.2) is 23.3 Å². The third-order valence-corrected chi connectivity index (χ3v) is 5.49. The van der Waals surface area contributed by atoms with Crippen LogP contribution in [-0.2, 0) is 11.3 Å². The van der Waals surface area contributed by atoms with Crippen molar-refractivity contribution < 1.29 is 9.53 Å². The van der Waals surface area contributed by atoms with Crippen LogP contribution in [0.4, 0.5) is 10.6 Å². The molecule has 0 atom stereocenters. The molecule has 9 heteroatoms. The highest BCUT2D eigenvalue weighted by molar-refractivity contribution is 5.80. The van der Waals surface area contributed by atoms with Gasteiger partial charge in [0.2, 0.25) is 0 Å². The van der Waals surface area contributed by atoms with E-state index in [1.165, 1.54) is 0 Å². The quantitative estimate of drug-likeness (QED) is 0.567. The summed E-state index contributed by atoms with van der Waals surface area (Å²) < 4.78 is 5.10. The lowest BCUT2D eigenvalue weighted by Gasteiger charge is -2.35. The van der Waals surface area contributed by atoms with E-state index in [2.05, 4.69) is 51.1 Å². The van der Waals surface area contributed by atoms with E-state index in [0.29, 0.717) is 26.2 Å². The molecule has 0 saturated carbocycles. The minimum atomic E-state index is -0.231. The third kappa shape index (κ3) is 5.98. The van der Waals surface area contributed by atoms with Crippen LogP contribution >= 0.6 is 0 Å². The number of nitrogens with one attached hydrogen (secondary N) is 1. The van der Waals surface area contributed by atoms with E-state index in [9.17, 15) is 4.79 Å². The number of piperazine rings is 2. The van der Waals surface area contributed by atoms with Crippen LogP contribution in [0.1, 0.15) is 19.4 Å². The topological polar surface area (TPSA) is 76.5 Å². The Labute approximate surface area is 179 Å². The van der Waals surface area contributed by atoms with Crippen molar-refractivity contribution in [3.8, 4) is 0 Å². The number of amides is 1. The molecule has 0 bridgehead atoms. The standard InChI is InChI=1S/C21H35N7O2/c1-4-22-20(27-12-14-28(15-13-27)21(29)30-5-2)24-17-18-6-7-19(23-16-18)26-10-8-25(3)9-11-26/h6-7,16H,4-5,8-15,17H2,1-3H3,(H,22,24). The fraction of sp³-hybridized carbons (Fsp3) is 0.667. The number of pyridine rings is 1. The first-order chi connectivity index (χ1) is 14.6. The van der Waals surface area contributed by atoms with Gasteiger partial charge in [-0.25, -0.2) is 14.8 Å². The van der Waals surface area contributed by atoms with Crippen LogP contribution < -0.4 is 10.2 Å². The van der Waals surface area contributed by atoms with Gasteiger partial charge in [0, 0.05) is 65.1 Å². The van der Waals surface area contributed by atoms with Crippen molar-refractivity contribution in [1.82, 2.24) is 25.0 Å². The lowest BCUT2D eigenvalue weighted by Crippen LogP contribution is -2.53. The van der Waals surface area contributed by atoms with Crippen molar-refractivity contribution in [1.29, 1.82) is 0 Å². The summed E-state index contributed by atoms with van der Waals surface area (Å²) in [6.45, 7) is 12.6. The Hall–Kier alpha value is -2.55. The van der Waals surface area contributed by atoms with Gasteiger partial charge >= 0.3 is 6.09 Å². The number of hydrogen-bond donors (Lipinski definition) is 1. The highest BCUT2D eigenvalue weighted by atomic mass is 16.6. The van der Waals surface area contributed by atoms with Gasteiger partial charge in [-0.3, -0.25) is 0 Å². The molecule has 9 nitrogen and oxygen atoms in total. The number of likely N-dealkylation sites (N-methyl/N-ethyl adjacent to an activating group) is 1. The van der Waals surface area contributed by atoms with E-state index in [1.807, 2.05) is 13.1 Å². The van der Waals surface area contributed by atoms with Crippen LogP contribution in [-0.4, -0.2) is 104 Å². The molecule has 166 valence electrons. The van der Waals surface area contributed by atoms with Gasteiger partial charge in [-0.05, 0) is 32.5 Å². The normalized spacial score (nSPS) is 18.5. The molecular weight excluding hydrogens is 382 g/mol. The zero-order valence-electron chi connectivity index (χ0n) is 18.5. The van der Waals surface area contributed by atoms with E-state index in [1.54, 1.807) is 4.90 Å². The predicted octanol–water partition coefficient (Wildman–Crippen LogP) is 1.07. The number of guanidine groups is 1. The van der Waals surface area contributed by atoms with Crippen molar-refractivity contribution >= 4 is 17.9 Å². The minimum Gasteiger partial charge on any atom is -0.450 e. The fourth-order valence-corrected chi connectivity index (χ4v) is 3.64.